The van der Waals surface area contributed by atoms with Crippen LogP contribution < -0.4 is 15.4 Å². The van der Waals surface area contributed by atoms with Crippen molar-refractivity contribution in [1.29, 1.82) is 0 Å². The lowest BCUT2D eigenvalue weighted by atomic mass is 9.98. The monoisotopic (exact) mass is 504 g/mol. The lowest BCUT2D eigenvalue weighted by Crippen LogP contribution is -2.44. The number of nitrogens with zero attached hydrogens (tertiary/aromatic N) is 2. The molecule has 160 valence electrons. The highest BCUT2D eigenvalue weighted by Crippen LogP contribution is 2.21. The first-order valence-corrected chi connectivity index (χ1v) is 10.1. The lowest BCUT2D eigenvalue weighted by Gasteiger charge is -2.31. The number of guanidine groups is 1. The van der Waals surface area contributed by atoms with Crippen molar-refractivity contribution in [1.82, 2.24) is 15.5 Å². The van der Waals surface area contributed by atoms with Crippen molar-refractivity contribution in [2.24, 2.45) is 4.99 Å². The molecule has 2 unspecified atom stereocenters. The smallest absolute Gasteiger partial charge is 0.191 e. The van der Waals surface area contributed by atoms with Gasteiger partial charge in [0.1, 0.15) is 5.75 Å². The second kappa shape index (κ2) is 14.0. The van der Waals surface area contributed by atoms with Crippen molar-refractivity contribution >= 4 is 29.9 Å². The van der Waals surface area contributed by atoms with Gasteiger partial charge in [-0.15, -0.1) is 24.0 Å². The summed E-state index contributed by atoms with van der Waals surface area (Å²) in [6.07, 6.45) is 1.05. The molecule has 28 heavy (non-hydrogen) atoms. The van der Waals surface area contributed by atoms with Gasteiger partial charge in [-0.25, -0.2) is 0 Å². The van der Waals surface area contributed by atoms with Crippen LogP contribution in [0.25, 0.3) is 0 Å². The summed E-state index contributed by atoms with van der Waals surface area (Å²) < 4.78 is 10.7. The molecule has 6 nitrogen and oxygen atoms in total. The van der Waals surface area contributed by atoms with Gasteiger partial charge >= 0.3 is 0 Å². The molecule has 2 atom stereocenters. The minimum Gasteiger partial charge on any atom is -0.497 e. The van der Waals surface area contributed by atoms with E-state index in [1.807, 2.05) is 12.1 Å². The number of hydrogen-bond acceptors (Lipinski definition) is 4. The van der Waals surface area contributed by atoms with E-state index in [-0.39, 0.29) is 24.0 Å². The molecule has 7 heteroatoms. The number of halogens is 1. The predicted molar refractivity (Wildman–Crippen MR) is 127 cm³/mol. The van der Waals surface area contributed by atoms with Crippen LogP contribution in [0.1, 0.15) is 38.7 Å². The lowest BCUT2D eigenvalue weighted by molar-refractivity contribution is 0.0220. The highest BCUT2D eigenvalue weighted by atomic mass is 127. The van der Waals surface area contributed by atoms with Gasteiger partial charge < -0.3 is 20.1 Å². The number of benzene rings is 1. The molecule has 0 radical (unpaired) electrons. The van der Waals surface area contributed by atoms with Crippen LogP contribution in [0.3, 0.4) is 0 Å². The molecule has 1 aromatic rings. The molecule has 1 saturated heterocycles. The van der Waals surface area contributed by atoms with E-state index in [2.05, 4.69) is 48.4 Å². The Labute approximate surface area is 187 Å². The van der Waals surface area contributed by atoms with E-state index in [0.29, 0.717) is 12.0 Å². The molecule has 2 N–H and O–H groups in total. The number of nitrogens with one attached hydrogen (secondary N) is 2. The third kappa shape index (κ3) is 8.53. The van der Waals surface area contributed by atoms with Crippen molar-refractivity contribution in [2.75, 3.05) is 53.0 Å². The van der Waals surface area contributed by atoms with E-state index in [1.54, 1.807) is 7.11 Å². The highest BCUT2D eigenvalue weighted by Gasteiger charge is 2.16. The summed E-state index contributed by atoms with van der Waals surface area (Å²) in [5, 5.41) is 6.82. The Morgan fingerprint density at radius 1 is 1.18 bits per heavy atom. The fraction of sp³-hybridized carbons (Fsp3) is 0.667. The quantitative estimate of drug-likeness (QED) is 0.308. The highest BCUT2D eigenvalue weighted by molar-refractivity contribution is 14.0. The standard InChI is InChI=1S/C21H36N4O2.HI/c1-5-22-21(24-16-18(3)25-12-14-27-15-13-25)23-11-10-17(2)19-6-8-20(26-4)9-7-19;/h6-9,17-18H,5,10-16H2,1-4H3,(H2,22,23,24);1H. The average Bonchev–Trinajstić information content (AvgIpc) is 2.72. The summed E-state index contributed by atoms with van der Waals surface area (Å²) in [5.74, 6) is 2.29. The van der Waals surface area contributed by atoms with E-state index in [0.717, 1.165) is 64.1 Å². The van der Waals surface area contributed by atoms with Gasteiger partial charge in [-0.3, -0.25) is 9.89 Å². The second-order valence-corrected chi connectivity index (χ2v) is 7.11. The maximum atomic E-state index is 5.43. The fourth-order valence-electron chi connectivity index (χ4n) is 3.21. The van der Waals surface area contributed by atoms with Crippen molar-refractivity contribution in [3.05, 3.63) is 29.8 Å². The van der Waals surface area contributed by atoms with Gasteiger partial charge in [0.05, 0.1) is 26.9 Å². The van der Waals surface area contributed by atoms with Gasteiger partial charge in [0, 0.05) is 32.2 Å². The Bertz CT molecular complexity index is 562. The first-order valence-electron chi connectivity index (χ1n) is 10.1. The summed E-state index contributed by atoms with van der Waals surface area (Å²) in [6, 6.07) is 8.78. The Kier molecular flexibility index (Phi) is 12.5. The average molecular weight is 504 g/mol. The van der Waals surface area contributed by atoms with Crippen LogP contribution in [0.15, 0.2) is 29.3 Å². The van der Waals surface area contributed by atoms with Gasteiger partial charge in [-0.05, 0) is 43.9 Å². The molecule has 1 aliphatic heterocycles. The van der Waals surface area contributed by atoms with Crippen LogP contribution >= 0.6 is 24.0 Å². The number of hydrogen-bond donors (Lipinski definition) is 2. The Hall–Kier alpha value is -1.06. The first-order chi connectivity index (χ1) is 13.1. The van der Waals surface area contributed by atoms with E-state index in [4.69, 9.17) is 14.5 Å². The third-order valence-corrected chi connectivity index (χ3v) is 5.08. The zero-order chi connectivity index (χ0) is 19.5. The number of rotatable bonds is 9. The Balaban J connectivity index is 0.00000392. The van der Waals surface area contributed by atoms with Crippen molar-refractivity contribution < 1.29 is 9.47 Å². The number of methoxy groups -OCH3 is 1. The molecule has 0 spiro atoms. The zero-order valence-corrected chi connectivity index (χ0v) is 20.1. The zero-order valence-electron chi connectivity index (χ0n) is 17.7. The minimum absolute atomic E-state index is 0. The summed E-state index contributed by atoms with van der Waals surface area (Å²) in [7, 11) is 1.70. The minimum atomic E-state index is 0. The second-order valence-electron chi connectivity index (χ2n) is 7.11. The van der Waals surface area contributed by atoms with E-state index < -0.39 is 0 Å². The summed E-state index contributed by atoms with van der Waals surface area (Å²) in [5.41, 5.74) is 1.33. The van der Waals surface area contributed by atoms with Crippen LogP contribution in [0.4, 0.5) is 0 Å². The Morgan fingerprint density at radius 3 is 2.46 bits per heavy atom. The maximum absolute atomic E-state index is 5.43. The van der Waals surface area contributed by atoms with E-state index in [9.17, 15) is 0 Å². The third-order valence-electron chi connectivity index (χ3n) is 5.08. The fourth-order valence-corrected chi connectivity index (χ4v) is 3.21. The predicted octanol–water partition coefficient (Wildman–Crippen LogP) is 3.08. The molecular weight excluding hydrogens is 467 g/mol. The molecule has 1 aliphatic rings. The van der Waals surface area contributed by atoms with E-state index in [1.165, 1.54) is 5.56 Å². The van der Waals surface area contributed by atoms with Gasteiger partial charge in [0.2, 0.25) is 0 Å². The van der Waals surface area contributed by atoms with Gasteiger partial charge in [0.25, 0.3) is 0 Å². The van der Waals surface area contributed by atoms with Gasteiger partial charge in [-0.1, -0.05) is 19.1 Å². The molecule has 0 bridgehead atoms. The molecule has 0 amide bonds. The molecule has 0 aromatic heterocycles. The molecule has 1 heterocycles. The maximum Gasteiger partial charge on any atom is 0.191 e. The number of ether oxygens (including phenoxy) is 2. The van der Waals surface area contributed by atoms with Crippen LogP contribution in [0.2, 0.25) is 0 Å². The largest absolute Gasteiger partial charge is 0.497 e. The topological polar surface area (TPSA) is 58.1 Å². The molecule has 2 rings (SSSR count). The van der Waals surface area contributed by atoms with Crippen LogP contribution in [-0.2, 0) is 4.74 Å². The first kappa shape index (κ1) is 25.0. The molecule has 0 aliphatic carbocycles. The molecular formula is C21H37IN4O2. The van der Waals surface area contributed by atoms with Crippen molar-refractivity contribution in [3.63, 3.8) is 0 Å². The molecule has 1 aromatic carbocycles. The number of aliphatic imine (C=N–C) groups is 1. The normalized spacial score (nSPS) is 17.4. The summed E-state index contributed by atoms with van der Waals surface area (Å²) in [6.45, 7) is 12.8. The molecule has 0 saturated carbocycles. The van der Waals surface area contributed by atoms with Gasteiger partial charge in [-0.2, -0.15) is 0 Å². The number of morpholine rings is 1. The van der Waals surface area contributed by atoms with Crippen LogP contribution in [-0.4, -0.2) is 69.9 Å². The van der Waals surface area contributed by atoms with Crippen molar-refractivity contribution in [3.8, 4) is 5.75 Å². The molecule has 1 fully saturated rings. The van der Waals surface area contributed by atoms with Gasteiger partial charge in [0.15, 0.2) is 5.96 Å². The Morgan fingerprint density at radius 2 is 1.86 bits per heavy atom. The van der Waals surface area contributed by atoms with Crippen molar-refractivity contribution in [2.45, 2.75) is 39.2 Å². The summed E-state index contributed by atoms with van der Waals surface area (Å²) in [4.78, 5) is 7.22. The van der Waals surface area contributed by atoms with Crippen LogP contribution in [0.5, 0.6) is 5.75 Å². The van der Waals surface area contributed by atoms with Crippen LogP contribution in [0, 0.1) is 0 Å². The SMILES string of the molecule is CCNC(=NCC(C)N1CCOCC1)NCCC(C)c1ccc(OC)cc1.I. The van der Waals surface area contributed by atoms with E-state index >= 15 is 0 Å². The summed E-state index contributed by atoms with van der Waals surface area (Å²) >= 11 is 0.